The third-order valence-electron chi connectivity index (χ3n) is 8.34. The molecule has 3 aliphatic heterocycles. The number of carbonyl (C=O) groups is 1. The van der Waals surface area contributed by atoms with E-state index in [4.69, 9.17) is 4.98 Å². The molecule has 2 aromatic carbocycles. The molecule has 1 unspecified atom stereocenters. The summed E-state index contributed by atoms with van der Waals surface area (Å²) in [6, 6.07) is 17.1. The molecule has 1 aromatic heterocycles. The third kappa shape index (κ3) is 4.31. The summed E-state index contributed by atoms with van der Waals surface area (Å²) in [6.45, 7) is 8.40. The van der Waals surface area contributed by atoms with Crippen LogP contribution in [0.3, 0.4) is 0 Å². The predicted molar refractivity (Wildman–Crippen MR) is 146 cm³/mol. The van der Waals surface area contributed by atoms with E-state index in [1.807, 2.05) is 6.20 Å². The molecule has 2 saturated heterocycles. The van der Waals surface area contributed by atoms with Crippen LogP contribution in [0.25, 0.3) is 11.4 Å². The zero-order chi connectivity index (χ0) is 24.5. The smallest absolute Gasteiger partial charge is 0.222 e. The number of fused-ring (bicyclic) bond motifs is 3. The summed E-state index contributed by atoms with van der Waals surface area (Å²) in [4.78, 5) is 25.4. The van der Waals surface area contributed by atoms with Crippen LogP contribution in [-0.4, -0.2) is 82.5 Å². The molecule has 1 amide bonds. The molecular formula is C29H34BrN5O. The summed E-state index contributed by atoms with van der Waals surface area (Å²) in [5.41, 5.74) is 3.14. The molecule has 0 N–H and O–H groups in total. The lowest BCUT2D eigenvalue weighted by Gasteiger charge is -2.37. The van der Waals surface area contributed by atoms with Gasteiger partial charge < -0.3 is 14.4 Å². The Labute approximate surface area is 222 Å². The quantitative estimate of drug-likeness (QED) is 0.438. The minimum atomic E-state index is -0.434. The predicted octanol–water partition coefficient (Wildman–Crippen LogP) is 4.44. The maximum Gasteiger partial charge on any atom is 0.222 e. The number of carbonyl (C=O) groups excluding carboxylic acids is 1. The normalized spacial score (nSPS) is 22.1. The molecule has 2 fully saturated rings. The number of halogens is 1. The Hall–Kier alpha value is -2.48. The number of hydrogen-bond acceptors (Lipinski definition) is 4. The molecule has 6 nitrogen and oxygen atoms in total. The Kier molecular flexibility index (Phi) is 6.71. The zero-order valence-corrected chi connectivity index (χ0v) is 22.4. The molecule has 4 heterocycles. The molecule has 6 rings (SSSR count). The topological polar surface area (TPSA) is 44.6 Å². The van der Waals surface area contributed by atoms with Crippen molar-refractivity contribution in [3.8, 4) is 11.4 Å². The van der Waals surface area contributed by atoms with Crippen LogP contribution in [0.15, 0.2) is 65.4 Å². The summed E-state index contributed by atoms with van der Waals surface area (Å²) in [7, 11) is 0. The van der Waals surface area contributed by atoms with Crippen LogP contribution in [0.4, 0.5) is 0 Å². The van der Waals surface area contributed by atoms with E-state index < -0.39 is 5.54 Å². The number of nitrogens with zero attached hydrogens (tertiary/aromatic N) is 5. The van der Waals surface area contributed by atoms with Crippen molar-refractivity contribution in [1.82, 2.24) is 24.3 Å². The number of imidazole rings is 1. The highest BCUT2D eigenvalue weighted by Crippen LogP contribution is 2.49. The van der Waals surface area contributed by atoms with Gasteiger partial charge in [0.05, 0.1) is 5.54 Å². The first-order valence-corrected chi connectivity index (χ1v) is 14.1. The van der Waals surface area contributed by atoms with Crippen LogP contribution >= 0.6 is 15.9 Å². The largest absolute Gasteiger partial charge is 0.340 e. The molecule has 0 radical (unpaired) electrons. The van der Waals surface area contributed by atoms with Crippen molar-refractivity contribution < 1.29 is 4.79 Å². The van der Waals surface area contributed by atoms with Gasteiger partial charge in [0, 0.05) is 68.1 Å². The maximum absolute atomic E-state index is 13.5. The Morgan fingerprint density at radius 3 is 2.33 bits per heavy atom. The van der Waals surface area contributed by atoms with Crippen LogP contribution in [0, 0.1) is 0 Å². The second-order valence-electron chi connectivity index (χ2n) is 10.3. The molecule has 0 spiro atoms. The zero-order valence-electron chi connectivity index (χ0n) is 20.8. The van der Waals surface area contributed by atoms with E-state index in [-0.39, 0.29) is 5.91 Å². The molecular weight excluding hydrogens is 514 g/mol. The molecule has 3 aromatic rings. The van der Waals surface area contributed by atoms with Crippen molar-refractivity contribution in [2.24, 2.45) is 0 Å². The second-order valence-corrected chi connectivity index (χ2v) is 11.2. The fraction of sp³-hybridized carbons (Fsp3) is 0.448. The van der Waals surface area contributed by atoms with Crippen molar-refractivity contribution in [3.05, 3.63) is 76.5 Å². The average Bonchev–Trinajstić information content (AvgIpc) is 3.66. The minimum absolute atomic E-state index is 0.261. The summed E-state index contributed by atoms with van der Waals surface area (Å²) >= 11 is 3.59. The summed E-state index contributed by atoms with van der Waals surface area (Å²) in [6.07, 6.45) is 7.85. The number of likely N-dealkylation sites (tertiary alicyclic amines) is 1. The highest BCUT2D eigenvalue weighted by atomic mass is 79.9. The highest BCUT2D eigenvalue weighted by Gasteiger charge is 2.45. The average molecular weight is 549 g/mol. The number of amides is 1. The molecule has 0 aliphatic carbocycles. The fourth-order valence-corrected chi connectivity index (χ4v) is 6.62. The van der Waals surface area contributed by atoms with Gasteiger partial charge in [-0.05, 0) is 55.6 Å². The first-order chi connectivity index (χ1) is 17.6. The third-order valence-corrected chi connectivity index (χ3v) is 8.87. The van der Waals surface area contributed by atoms with E-state index in [9.17, 15) is 4.79 Å². The van der Waals surface area contributed by atoms with Crippen molar-refractivity contribution in [1.29, 1.82) is 0 Å². The van der Waals surface area contributed by atoms with Gasteiger partial charge in [-0.25, -0.2) is 4.98 Å². The Bertz CT molecular complexity index is 1210. The van der Waals surface area contributed by atoms with Gasteiger partial charge in [-0.3, -0.25) is 9.69 Å². The van der Waals surface area contributed by atoms with Crippen molar-refractivity contribution >= 4 is 21.8 Å². The molecule has 0 bridgehead atoms. The lowest BCUT2D eigenvalue weighted by molar-refractivity contribution is -0.133. The highest BCUT2D eigenvalue weighted by molar-refractivity contribution is 9.10. The van der Waals surface area contributed by atoms with Gasteiger partial charge in [0.25, 0.3) is 0 Å². The molecule has 7 heteroatoms. The standard InChI is InChI=1S/C29H34BrN5O/c30-24-9-7-23(8-10-24)29(26-6-2-1-5-25(26)28-31-13-16-35(28)29)12-11-27(36)34-21-19-33(20-22-34)18-17-32-14-3-4-15-32/h1-2,5-10,13,16H,3-4,11-12,14-15,17-22H2. The minimum Gasteiger partial charge on any atom is -0.340 e. The Morgan fingerprint density at radius 1 is 0.889 bits per heavy atom. The first kappa shape index (κ1) is 23.9. The maximum atomic E-state index is 13.5. The number of rotatable bonds is 7. The van der Waals surface area contributed by atoms with E-state index in [2.05, 4.69) is 89.9 Å². The van der Waals surface area contributed by atoms with E-state index in [1.165, 1.54) is 37.1 Å². The van der Waals surface area contributed by atoms with Gasteiger partial charge in [-0.1, -0.05) is 52.3 Å². The summed E-state index contributed by atoms with van der Waals surface area (Å²) in [5, 5.41) is 0. The molecule has 1 atom stereocenters. The second kappa shape index (κ2) is 10.1. The van der Waals surface area contributed by atoms with Gasteiger partial charge in [0.2, 0.25) is 5.91 Å². The van der Waals surface area contributed by atoms with Crippen LogP contribution in [0.1, 0.15) is 36.8 Å². The van der Waals surface area contributed by atoms with Crippen LogP contribution in [0.5, 0.6) is 0 Å². The summed E-state index contributed by atoms with van der Waals surface area (Å²) in [5.74, 6) is 1.24. The van der Waals surface area contributed by atoms with Crippen molar-refractivity contribution in [2.45, 2.75) is 31.2 Å². The summed E-state index contributed by atoms with van der Waals surface area (Å²) < 4.78 is 3.34. The molecule has 188 valence electrons. The van der Waals surface area contributed by atoms with Gasteiger partial charge in [-0.15, -0.1) is 0 Å². The lowest BCUT2D eigenvalue weighted by atomic mass is 9.79. The van der Waals surface area contributed by atoms with E-state index in [0.717, 1.165) is 55.1 Å². The van der Waals surface area contributed by atoms with Crippen LogP contribution < -0.4 is 0 Å². The first-order valence-electron chi connectivity index (χ1n) is 13.3. The Balaban J connectivity index is 1.18. The number of hydrogen-bond donors (Lipinski definition) is 0. The van der Waals surface area contributed by atoms with Gasteiger partial charge in [0.15, 0.2) is 0 Å². The van der Waals surface area contributed by atoms with E-state index >= 15 is 0 Å². The van der Waals surface area contributed by atoms with Crippen LogP contribution in [-0.2, 0) is 10.3 Å². The molecule has 3 aliphatic rings. The van der Waals surface area contributed by atoms with Crippen LogP contribution in [0.2, 0.25) is 0 Å². The van der Waals surface area contributed by atoms with Gasteiger partial charge >= 0.3 is 0 Å². The SMILES string of the molecule is O=C(CCC1(c2ccc(Br)cc2)c2ccccc2-c2nccn21)N1CCN(CCN2CCCC2)CC1. The number of piperazine rings is 1. The van der Waals surface area contributed by atoms with Gasteiger partial charge in [0.1, 0.15) is 5.82 Å². The van der Waals surface area contributed by atoms with Gasteiger partial charge in [-0.2, -0.15) is 0 Å². The fourth-order valence-electron chi connectivity index (χ4n) is 6.35. The lowest BCUT2D eigenvalue weighted by Crippen LogP contribution is -2.50. The number of benzene rings is 2. The van der Waals surface area contributed by atoms with E-state index in [1.54, 1.807) is 0 Å². The monoisotopic (exact) mass is 547 g/mol. The van der Waals surface area contributed by atoms with Crippen molar-refractivity contribution in [3.63, 3.8) is 0 Å². The van der Waals surface area contributed by atoms with Crippen molar-refractivity contribution in [2.75, 3.05) is 52.4 Å². The molecule has 0 saturated carbocycles. The number of aromatic nitrogens is 2. The van der Waals surface area contributed by atoms with E-state index in [0.29, 0.717) is 12.8 Å². The Morgan fingerprint density at radius 2 is 1.58 bits per heavy atom. The molecule has 36 heavy (non-hydrogen) atoms.